The van der Waals surface area contributed by atoms with Crippen LogP contribution in [0.2, 0.25) is 18.1 Å². The van der Waals surface area contributed by atoms with Gasteiger partial charge in [0.1, 0.15) is 11.8 Å². The van der Waals surface area contributed by atoms with Gasteiger partial charge in [-0.05, 0) is 18.1 Å². The number of anilines is 1. The molecule has 3 N–H and O–H groups in total. The van der Waals surface area contributed by atoms with Gasteiger partial charge in [0.05, 0.1) is 31.0 Å². The zero-order chi connectivity index (χ0) is 20.7. The Morgan fingerprint density at radius 3 is 2.68 bits per heavy atom. The molecule has 0 aliphatic heterocycles. The van der Waals surface area contributed by atoms with Gasteiger partial charge >= 0.3 is 0 Å². The fraction of sp³-hybridized carbons (Fsp3) is 0.550. The van der Waals surface area contributed by atoms with Crippen molar-refractivity contribution in [1.29, 1.82) is 0 Å². The van der Waals surface area contributed by atoms with Gasteiger partial charge < -0.3 is 19.8 Å². The second-order valence-corrected chi connectivity index (χ2v) is 13.8. The van der Waals surface area contributed by atoms with Crippen molar-refractivity contribution in [1.82, 2.24) is 19.5 Å². The molecule has 0 radical (unpaired) electrons. The van der Waals surface area contributed by atoms with Crippen molar-refractivity contribution in [3.8, 4) is 12.3 Å². The van der Waals surface area contributed by atoms with Crippen molar-refractivity contribution in [2.45, 2.75) is 44.9 Å². The van der Waals surface area contributed by atoms with Gasteiger partial charge in [0.2, 0.25) is 0 Å². The molecule has 0 unspecified atom stereocenters. The summed E-state index contributed by atoms with van der Waals surface area (Å²) in [6.45, 7) is 11.3. The number of rotatable bonds is 5. The van der Waals surface area contributed by atoms with Gasteiger partial charge in [0.15, 0.2) is 19.8 Å². The Labute approximate surface area is 167 Å². The molecule has 1 aliphatic carbocycles. The maximum Gasteiger partial charge on any atom is 0.192 e. The second kappa shape index (κ2) is 6.99. The highest BCUT2D eigenvalue weighted by atomic mass is 28.4. The molecule has 0 amide bonds. The molecule has 0 bridgehead atoms. The van der Waals surface area contributed by atoms with Crippen LogP contribution in [0.1, 0.15) is 26.8 Å². The minimum absolute atomic E-state index is 0.0776. The second-order valence-electron chi connectivity index (χ2n) is 8.96. The Hall–Kier alpha value is -2.21. The van der Waals surface area contributed by atoms with Gasteiger partial charge in [0.25, 0.3) is 0 Å². The Kier molecular flexibility index (Phi) is 5.12. The molecule has 28 heavy (non-hydrogen) atoms. The summed E-state index contributed by atoms with van der Waals surface area (Å²) in [6.07, 6.45) is 13.1. The third-order valence-corrected chi connectivity index (χ3v) is 10.8. The number of nitrogens with two attached hydrogens (primary N) is 1. The molecule has 0 saturated carbocycles. The maximum atomic E-state index is 10.2. The molecule has 2 aromatic rings. The quantitative estimate of drug-likeness (QED) is 0.456. The molecule has 0 aromatic carbocycles. The van der Waals surface area contributed by atoms with Crippen LogP contribution in [0.5, 0.6) is 0 Å². The number of terminal acetylenes is 1. The SMILES string of the molecule is C#C[C@]1(CO[Si](C)(C)C(C)(C)C)C=C[C@@H](n2cnc3c(N)ncnc32)[C@@H]1CO. The van der Waals surface area contributed by atoms with Gasteiger partial charge in [-0.25, -0.2) is 15.0 Å². The first kappa shape index (κ1) is 20.5. The molecule has 3 rings (SSSR count). The van der Waals surface area contributed by atoms with Gasteiger partial charge in [-0.15, -0.1) is 6.42 Å². The summed E-state index contributed by atoms with van der Waals surface area (Å²) in [5.74, 6) is 2.99. The molecule has 0 spiro atoms. The zero-order valence-corrected chi connectivity index (χ0v) is 18.2. The van der Waals surface area contributed by atoms with E-state index in [0.29, 0.717) is 23.6 Å². The van der Waals surface area contributed by atoms with E-state index in [4.69, 9.17) is 16.6 Å². The van der Waals surface area contributed by atoms with E-state index in [1.807, 2.05) is 16.7 Å². The monoisotopic (exact) mass is 399 g/mol. The minimum Gasteiger partial charge on any atom is -0.415 e. The van der Waals surface area contributed by atoms with Crippen molar-refractivity contribution < 1.29 is 9.53 Å². The van der Waals surface area contributed by atoms with Crippen LogP contribution < -0.4 is 5.73 Å². The third kappa shape index (κ3) is 3.24. The summed E-state index contributed by atoms with van der Waals surface area (Å²) < 4.78 is 8.34. The Balaban J connectivity index is 1.93. The van der Waals surface area contributed by atoms with Gasteiger partial charge in [-0.2, -0.15) is 0 Å². The molecule has 8 heteroatoms. The number of fused-ring (bicyclic) bond motifs is 1. The number of aliphatic hydroxyl groups is 1. The maximum absolute atomic E-state index is 10.2. The fourth-order valence-electron chi connectivity index (χ4n) is 3.35. The predicted octanol–water partition coefficient (Wildman–Crippen LogP) is 2.77. The van der Waals surface area contributed by atoms with Crippen LogP contribution in [0.4, 0.5) is 5.82 Å². The van der Waals surface area contributed by atoms with E-state index in [1.54, 1.807) is 6.33 Å². The van der Waals surface area contributed by atoms with Crippen LogP contribution in [0.3, 0.4) is 0 Å². The lowest BCUT2D eigenvalue weighted by Gasteiger charge is -2.40. The molecule has 7 nitrogen and oxygen atoms in total. The molecule has 3 atom stereocenters. The number of aromatic nitrogens is 4. The lowest BCUT2D eigenvalue weighted by molar-refractivity contribution is 0.0985. The first-order valence-electron chi connectivity index (χ1n) is 9.41. The van der Waals surface area contributed by atoms with Gasteiger partial charge in [-0.1, -0.05) is 38.8 Å². The van der Waals surface area contributed by atoms with Crippen molar-refractivity contribution in [3.63, 3.8) is 0 Å². The number of nitrogen functional groups attached to an aromatic ring is 1. The van der Waals surface area contributed by atoms with Crippen LogP contribution >= 0.6 is 0 Å². The van der Waals surface area contributed by atoms with E-state index < -0.39 is 13.7 Å². The molecule has 0 saturated heterocycles. The lowest BCUT2D eigenvalue weighted by atomic mass is 9.78. The first-order valence-corrected chi connectivity index (χ1v) is 12.3. The summed E-state index contributed by atoms with van der Waals surface area (Å²) in [4.78, 5) is 12.7. The average Bonchev–Trinajstić information content (AvgIpc) is 3.21. The largest absolute Gasteiger partial charge is 0.415 e. The standard InChI is InChI=1S/C20H29N5O2Si/c1-7-20(11-27-28(5,6)19(2,3)4)9-8-15(14(20)10-26)25-13-24-16-17(21)22-12-23-18(16)25/h1,8-9,12-15,26H,10-11H2,2-6H3,(H2,21,22,23)/t14-,15+,20+/m0/s1. The van der Waals surface area contributed by atoms with E-state index >= 15 is 0 Å². The normalized spacial score (nSPS) is 25.3. The Morgan fingerprint density at radius 1 is 1.36 bits per heavy atom. The van der Waals surface area contributed by atoms with Gasteiger partial charge in [0, 0.05) is 5.92 Å². The van der Waals surface area contributed by atoms with Crippen LogP contribution in [-0.4, -0.2) is 46.2 Å². The molecule has 2 aromatic heterocycles. The number of imidazole rings is 1. The summed E-state index contributed by atoms with van der Waals surface area (Å²) in [6, 6.07) is -0.191. The van der Waals surface area contributed by atoms with Crippen LogP contribution in [0.15, 0.2) is 24.8 Å². The van der Waals surface area contributed by atoms with Crippen LogP contribution in [0, 0.1) is 23.7 Å². The highest BCUT2D eigenvalue weighted by Gasteiger charge is 2.47. The molecule has 2 heterocycles. The average molecular weight is 400 g/mol. The van der Waals surface area contributed by atoms with E-state index in [2.05, 4.69) is 54.7 Å². The number of hydrogen-bond acceptors (Lipinski definition) is 6. The van der Waals surface area contributed by atoms with E-state index in [1.165, 1.54) is 6.33 Å². The first-order chi connectivity index (χ1) is 13.1. The number of hydrogen-bond donors (Lipinski definition) is 2. The summed E-state index contributed by atoms with van der Waals surface area (Å²) >= 11 is 0. The number of aliphatic hydroxyl groups excluding tert-OH is 1. The smallest absolute Gasteiger partial charge is 0.192 e. The highest BCUT2D eigenvalue weighted by Crippen LogP contribution is 2.46. The third-order valence-electron chi connectivity index (χ3n) is 6.32. The van der Waals surface area contributed by atoms with E-state index in [0.717, 1.165) is 0 Å². The van der Waals surface area contributed by atoms with Crippen molar-refractivity contribution in [3.05, 3.63) is 24.8 Å². The molecule has 0 fully saturated rings. The van der Waals surface area contributed by atoms with Crippen molar-refractivity contribution in [2.24, 2.45) is 11.3 Å². The Bertz CT molecular complexity index is 940. The topological polar surface area (TPSA) is 99.1 Å². The van der Waals surface area contributed by atoms with Crippen LogP contribution in [0.25, 0.3) is 11.2 Å². The fourth-order valence-corrected chi connectivity index (χ4v) is 4.38. The van der Waals surface area contributed by atoms with Gasteiger partial charge in [-0.3, -0.25) is 0 Å². The Morgan fingerprint density at radius 2 is 2.07 bits per heavy atom. The molecular formula is C20H29N5O2Si. The zero-order valence-electron chi connectivity index (χ0n) is 17.2. The summed E-state index contributed by atoms with van der Waals surface area (Å²) in [7, 11) is -1.98. The number of allylic oxidation sites excluding steroid dienone is 1. The van der Waals surface area contributed by atoms with Crippen molar-refractivity contribution >= 4 is 25.3 Å². The number of nitrogens with zero attached hydrogens (tertiary/aromatic N) is 4. The predicted molar refractivity (Wildman–Crippen MR) is 113 cm³/mol. The van der Waals surface area contributed by atoms with E-state index in [-0.39, 0.29) is 23.6 Å². The molecule has 150 valence electrons. The minimum atomic E-state index is -1.98. The van der Waals surface area contributed by atoms with Crippen LogP contribution in [-0.2, 0) is 4.43 Å². The van der Waals surface area contributed by atoms with E-state index in [9.17, 15) is 5.11 Å². The lowest BCUT2D eigenvalue weighted by Crippen LogP contribution is -2.45. The molecule has 1 aliphatic rings. The van der Waals surface area contributed by atoms with Crippen molar-refractivity contribution in [2.75, 3.05) is 18.9 Å². The summed E-state index contributed by atoms with van der Waals surface area (Å²) in [5.41, 5.74) is 6.39. The highest BCUT2D eigenvalue weighted by molar-refractivity contribution is 6.74. The summed E-state index contributed by atoms with van der Waals surface area (Å²) in [5, 5.41) is 10.3. The molecular weight excluding hydrogens is 370 g/mol.